The Bertz CT molecular complexity index is 995. The summed E-state index contributed by atoms with van der Waals surface area (Å²) in [6, 6.07) is 10.8. The molecule has 1 heterocycles. The van der Waals surface area contributed by atoms with Gasteiger partial charge in [-0.1, -0.05) is 35.9 Å². The number of thiocarbonyl (C=S) groups is 1. The van der Waals surface area contributed by atoms with Gasteiger partial charge in [0.2, 0.25) is 0 Å². The van der Waals surface area contributed by atoms with Crippen molar-refractivity contribution in [3.8, 4) is 5.75 Å². The number of rotatable bonds is 5. The Morgan fingerprint density at radius 1 is 1.11 bits per heavy atom. The van der Waals surface area contributed by atoms with Crippen LogP contribution in [0.15, 0.2) is 48.0 Å². The van der Waals surface area contributed by atoms with Gasteiger partial charge in [-0.15, -0.1) is 0 Å². The minimum absolute atomic E-state index is 0.0604. The maximum atomic E-state index is 12.0. The molecule has 2 N–H and O–H groups in total. The van der Waals surface area contributed by atoms with Gasteiger partial charge in [0.05, 0.1) is 5.97 Å². The molecule has 0 aliphatic carbocycles. The fourth-order valence-electron chi connectivity index (χ4n) is 2.42. The number of carbonyl (C=O) groups is 3. The number of carboxylic acids is 1. The first-order valence-electron chi connectivity index (χ1n) is 7.94. The van der Waals surface area contributed by atoms with E-state index in [0.29, 0.717) is 16.3 Å². The highest BCUT2D eigenvalue weighted by atomic mass is 35.5. The minimum Gasteiger partial charge on any atom is -0.545 e. The first kappa shape index (κ1) is 19.5. The molecule has 1 aliphatic heterocycles. The second-order valence-corrected chi connectivity index (χ2v) is 6.60. The van der Waals surface area contributed by atoms with E-state index in [1.54, 1.807) is 30.3 Å². The Labute approximate surface area is 170 Å². The van der Waals surface area contributed by atoms with Crippen molar-refractivity contribution < 1.29 is 24.2 Å². The van der Waals surface area contributed by atoms with Crippen LogP contribution in [0.2, 0.25) is 5.02 Å². The SMILES string of the molecule is O=C1NC(=S)NC(=O)C1=Cc1cc(Cl)ccc1OCc1ccc(C(=O)[O-])cc1. The van der Waals surface area contributed by atoms with Crippen LogP contribution in [-0.4, -0.2) is 22.9 Å². The highest BCUT2D eigenvalue weighted by Gasteiger charge is 2.26. The van der Waals surface area contributed by atoms with Crippen LogP contribution in [0.4, 0.5) is 0 Å². The summed E-state index contributed by atoms with van der Waals surface area (Å²) in [5.74, 6) is -2.13. The zero-order valence-electron chi connectivity index (χ0n) is 14.2. The smallest absolute Gasteiger partial charge is 0.263 e. The highest BCUT2D eigenvalue weighted by Crippen LogP contribution is 2.26. The standard InChI is InChI=1S/C19H13ClN2O5S/c20-13-5-6-15(27-9-10-1-3-11(4-2-10)18(25)26)12(7-13)8-14-16(23)21-19(28)22-17(14)24/h1-8H,9H2,(H,25,26)(H2,21,22,23,24,28)/p-1. The predicted octanol–water partition coefficient (Wildman–Crippen LogP) is 1.20. The van der Waals surface area contributed by atoms with Gasteiger partial charge in [-0.25, -0.2) is 0 Å². The van der Waals surface area contributed by atoms with Gasteiger partial charge in [0.25, 0.3) is 11.8 Å². The Kier molecular flexibility index (Phi) is 5.72. The third-order valence-corrected chi connectivity index (χ3v) is 4.24. The van der Waals surface area contributed by atoms with E-state index in [1.165, 1.54) is 18.2 Å². The molecule has 2 aromatic carbocycles. The maximum absolute atomic E-state index is 12.0. The quantitative estimate of drug-likeness (QED) is 0.431. The van der Waals surface area contributed by atoms with Gasteiger partial charge >= 0.3 is 0 Å². The molecule has 0 radical (unpaired) electrons. The number of hydrogen-bond donors (Lipinski definition) is 2. The molecule has 2 aromatic rings. The summed E-state index contributed by atoms with van der Waals surface area (Å²) < 4.78 is 5.76. The molecule has 0 spiro atoms. The molecule has 0 atom stereocenters. The summed E-state index contributed by atoms with van der Waals surface area (Å²) in [4.78, 5) is 34.9. The lowest BCUT2D eigenvalue weighted by atomic mass is 10.1. The molecule has 142 valence electrons. The summed E-state index contributed by atoms with van der Waals surface area (Å²) >= 11 is 10.8. The molecule has 7 nitrogen and oxygen atoms in total. The number of benzene rings is 2. The molecular weight excluding hydrogens is 404 g/mol. The molecule has 9 heteroatoms. The van der Waals surface area contributed by atoms with E-state index in [-0.39, 0.29) is 22.9 Å². The molecule has 3 rings (SSSR count). The fraction of sp³-hybridized carbons (Fsp3) is 0.0526. The Morgan fingerprint density at radius 3 is 2.36 bits per heavy atom. The largest absolute Gasteiger partial charge is 0.545 e. The van der Waals surface area contributed by atoms with Crippen molar-refractivity contribution in [1.82, 2.24) is 10.6 Å². The average molecular weight is 416 g/mol. The lowest BCUT2D eigenvalue weighted by Gasteiger charge is -2.17. The molecule has 0 saturated carbocycles. The highest BCUT2D eigenvalue weighted by molar-refractivity contribution is 7.80. The van der Waals surface area contributed by atoms with Crippen molar-refractivity contribution in [3.63, 3.8) is 0 Å². The molecule has 0 bridgehead atoms. The molecule has 1 fully saturated rings. The average Bonchev–Trinajstić information content (AvgIpc) is 2.64. The predicted molar refractivity (Wildman–Crippen MR) is 103 cm³/mol. The number of amides is 2. The van der Waals surface area contributed by atoms with E-state index < -0.39 is 17.8 Å². The third kappa shape index (κ3) is 4.54. The number of carbonyl (C=O) groups excluding carboxylic acids is 3. The normalized spacial score (nSPS) is 13.6. The number of hydrogen-bond acceptors (Lipinski definition) is 6. The van der Waals surface area contributed by atoms with Crippen molar-refractivity contribution >= 4 is 52.8 Å². The van der Waals surface area contributed by atoms with Crippen LogP contribution in [0, 0.1) is 0 Å². The van der Waals surface area contributed by atoms with Crippen LogP contribution >= 0.6 is 23.8 Å². The summed E-state index contributed by atoms with van der Waals surface area (Å²) in [6.45, 7) is 0.133. The minimum atomic E-state index is -1.26. The lowest BCUT2D eigenvalue weighted by molar-refractivity contribution is -0.255. The van der Waals surface area contributed by atoms with Crippen molar-refractivity contribution in [2.75, 3.05) is 0 Å². The molecule has 28 heavy (non-hydrogen) atoms. The van der Waals surface area contributed by atoms with Gasteiger partial charge in [-0.3, -0.25) is 20.2 Å². The number of ether oxygens (including phenoxy) is 1. The molecule has 2 amide bonds. The zero-order valence-corrected chi connectivity index (χ0v) is 15.7. The van der Waals surface area contributed by atoms with Crippen molar-refractivity contribution in [1.29, 1.82) is 0 Å². The van der Waals surface area contributed by atoms with E-state index in [2.05, 4.69) is 10.6 Å². The van der Waals surface area contributed by atoms with Gasteiger partial charge in [-0.2, -0.15) is 0 Å². The van der Waals surface area contributed by atoms with Crippen molar-refractivity contribution in [2.45, 2.75) is 6.61 Å². The van der Waals surface area contributed by atoms with Crippen LogP contribution in [0.3, 0.4) is 0 Å². The van der Waals surface area contributed by atoms with Crippen LogP contribution in [0.5, 0.6) is 5.75 Å². The van der Waals surface area contributed by atoms with Gasteiger partial charge < -0.3 is 14.6 Å². The van der Waals surface area contributed by atoms with Gasteiger partial charge in [0.15, 0.2) is 5.11 Å². The first-order chi connectivity index (χ1) is 13.3. The number of nitrogens with one attached hydrogen (secondary N) is 2. The summed E-state index contributed by atoms with van der Waals surface area (Å²) in [6.07, 6.45) is 1.35. The lowest BCUT2D eigenvalue weighted by Crippen LogP contribution is -2.51. The van der Waals surface area contributed by atoms with Crippen LogP contribution in [0.25, 0.3) is 6.08 Å². The second kappa shape index (κ2) is 8.20. The van der Waals surface area contributed by atoms with Gasteiger partial charge in [-0.05, 0) is 47.6 Å². The van der Waals surface area contributed by atoms with Crippen LogP contribution in [0.1, 0.15) is 21.5 Å². The van der Waals surface area contributed by atoms with E-state index in [9.17, 15) is 19.5 Å². The molecule has 0 aromatic heterocycles. The molecule has 1 saturated heterocycles. The fourth-order valence-corrected chi connectivity index (χ4v) is 2.79. The number of aromatic carboxylic acids is 1. The maximum Gasteiger partial charge on any atom is 0.263 e. The zero-order chi connectivity index (χ0) is 20.3. The Morgan fingerprint density at radius 2 is 1.75 bits per heavy atom. The second-order valence-electron chi connectivity index (χ2n) is 5.75. The topological polar surface area (TPSA) is 108 Å². The monoisotopic (exact) mass is 415 g/mol. The Hall–Kier alpha value is -3.23. The van der Waals surface area contributed by atoms with E-state index >= 15 is 0 Å². The third-order valence-electron chi connectivity index (χ3n) is 3.80. The Balaban J connectivity index is 1.84. The van der Waals surface area contributed by atoms with Crippen molar-refractivity contribution in [2.24, 2.45) is 0 Å². The summed E-state index contributed by atoms with van der Waals surface area (Å²) in [5, 5.41) is 15.8. The first-order valence-corrected chi connectivity index (χ1v) is 8.73. The van der Waals surface area contributed by atoms with Crippen molar-refractivity contribution in [3.05, 3.63) is 69.8 Å². The molecule has 0 unspecified atom stereocenters. The molecular formula is C19H12ClN2O5S-. The van der Waals surface area contributed by atoms with Gasteiger partial charge in [0.1, 0.15) is 17.9 Å². The van der Waals surface area contributed by atoms with Gasteiger partial charge in [0, 0.05) is 10.6 Å². The van der Waals surface area contributed by atoms with E-state index in [0.717, 1.165) is 5.56 Å². The van der Waals surface area contributed by atoms with Crippen LogP contribution in [-0.2, 0) is 16.2 Å². The molecule has 1 aliphatic rings. The van der Waals surface area contributed by atoms with E-state index in [1.807, 2.05) is 0 Å². The summed E-state index contributed by atoms with van der Waals surface area (Å²) in [5.41, 5.74) is 1.07. The number of carboxylic acid groups (broad SMARTS) is 1. The van der Waals surface area contributed by atoms with E-state index in [4.69, 9.17) is 28.6 Å². The van der Waals surface area contributed by atoms with Crippen LogP contribution < -0.4 is 20.5 Å². The number of halogens is 1. The summed E-state index contributed by atoms with van der Waals surface area (Å²) in [7, 11) is 0.